The lowest BCUT2D eigenvalue weighted by Crippen LogP contribution is -2.50. The van der Waals surface area contributed by atoms with Crippen LogP contribution in [0.4, 0.5) is 0 Å². The van der Waals surface area contributed by atoms with Gasteiger partial charge in [-0.3, -0.25) is 5.32 Å². The molecule has 1 aromatic carbocycles. The average Bonchev–Trinajstić information content (AvgIpc) is 2.85. The van der Waals surface area contributed by atoms with Crippen LogP contribution in [0.3, 0.4) is 0 Å². The molecule has 5 heteroatoms. The number of fused-ring (bicyclic) bond motifs is 1. The first-order valence-corrected chi connectivity index (χ1v) is 7.19. The Hall–Kier alpha value is -1.59. The van der Waals surface area contributed by atoms with E-state index < -0.39 is 5.54 Å². The summed E-state index contributed by atoms with van der Waals surface area (Å²) in [5.74, 6) is 0.534. The summed E-state index contributed by atoms with van der Waals surface area (Å²) in [5.41, 5.74) is 1.40. The Kier molecular flexibility index (Phi) is 4.85. The molecule has 1 unspecified atom stereocenters. The Labute approximate surface area is 126 Å². The zero-order chi connectivity index (χ0) is 15.5. The summed E-state index contributed by atoms with van der Waals surface area (Å²) in [5, 5.41) is 3.41. The number of carbonyl (C=O) groups is 1. The summed E-state index contributed by atoms with van der Waals surface area (Å²) < 4.78 is 10.4. The molecule has 0 radical (unpaired) electrons. The highest BCUT2D eigenvalue weighted by Crippen LogP contribution is 2.39. The fourth-order valence-corrected chi connectivity index (χ4v) is 2.89. The monoisotopic (exact) mass is 292 g/mol. The van der Waals surface area contributed by atoms with Crippen molar-refractivity contribution in [2.24, 2.45) is 0 Å². The van der Waals surface area contributed by atoms with E-state index in [2.05, 4.69) is 10.2 Å². The first kappa shape index (κ1) is 15.8. The van der Waals surface area contributed by atoms with Crippen molar-refractivity contribution in [3.63, 3.8) is 0 Å². The molecule has 1 atom stereocenters. The van der Waals surface area contributed by atoms with Crippen molar-refractivity contribution in [1.82, 2.24) is 10.2 Å². The van der Waals surface area contributed by atoms with E-state index in [1.807, 2.05) is 32.3 Å². The van der Waals surface area contributed by atoms with Gasteiger partial charge in [-0.2, -0.15) is 0 Å². The second-order valence-corrected chi connectivity index (χ2v) is 5.65. The molecular weight excluding hydrogens is 268 g/mol. The lowest BCUT2D eigenvalue weighted by Gasteiger charge is -2.29. The highest BCUT2D eigenvalue weighted by Gasteiger charge is 2.46. The van der Waals surface area contributed by atoms with Gasteiger partial charge in [0.05, 0.1) is 14.2 Å². The van der Waals surface area contributed by atoms with E-state index in [0.29, 0.717) is 0 Å². The van der Waals surface area contributed by atoms with Crippen LogP contribution in [0.1, 0.15) is 17.5 Å². The molecule has 0 fully saturated rings. The van der Waals surface area contributed by atoms with Crippen LogP contribution in [0.15, 0.2) is 18.2 Å². The SMILES string of the molecule is COC(=O)C1(NCCN(C)C)CCc2ccc(OC)cc21. The van der Waals surface area contributed by atoms with Crippen molar-refractivity contribution >= 4 is 5.97 Å². The molecule has 0 aliphatic heterocycles. The molecule has 0 spiro atoms. The molecule has 0 amide bonds. The van der Waals surface area contributed by atoms with Crippen LogP contribution in [0.2, 0.25) is 0 Å². The van der Waals surface area contributed by atoms with Crippen molar-refractivity contribution in [2.75, 3.05) is 41.4 Å². The van der Waals surface area contributed by atoms with E-state index in [9.17, 15) is 4.79 Å². The van der Waals surface area contributed by atoms with Gasteiger partial charge in [-0.15, -0.1) is 0 Å². The van der Waals surface area contributed by atoms with Crippen molar-refractivity contribution in [2.45, 2.75) is 18.4 Å². The fourth-order valence-electron chi connectivity index (χ4n) is 2.89. The molecule has 1 aliphatic carbocycles. The van der Waals surface area contributed by atoms with Gasteiger partial charge in [-0.05, 0) is 50.2 Å². The van der Waals surface area contributed by atoms with E-state index in [4.69, 9.17) is 9.47 Å². The average molecular weight is 292 g/mol. The van der Waals surface area contributed by atoms with Crippen LogP contribution in [-0.2, 0) is 21.5 Å². The molecule has 21 heavy (non-hydrogen) atoms. The molecule has 1 aliphatic rings. The minimum atomic E-state index is -0.755. The van der Waals surface area contributed by atoms with Gasteiger partial charge in [-0.25, -0.2) is 4.79 Å². The van der Waals surface area contributed by atoms with Gasteiger partial charge < -0.3 is 14.4 Å². The van der Waals surface area contributed by atoms with Crippen molar-refractivity contribution in [1.29, 1.82) is 0 Å². The number of methoxy groups -OCH3 is 2. The van der Waals surface area contributed by atoms with Crippen LogP contribution in [0, 0.1) is 0 Å². The third kappa shape index (κ3) is 3.04. The van der Waals surface area contributed by atoms with Crippen molar-refractivity contribution in [3.8, 4) is 5.75 Å². The number of benzene rings is 1. The Morgan fingerprint density at radius 2 is 2.14 bits per heavy atom. The number of likely N-dealkylation sites (N-methyl/N-ethyl adjacent to an activating group) is 1. The summed E-state index contributed by atoms with van der Waals surface area (Å²) in [6.07, 6.45) is 1.58. The molecule has 116 valence electrons. The molecular formula is C16H24N2O3. The van der Waals surface area contributed by atoms with Gasteiger partial charge in [0, 0.05) is 13.1 Å². The first-order chi connectivity index (χ1) is 10.0. The minimum Gasteiger partial charge on any atom is -0.497 e. The van der Waals surface area contributed by atoms with Crippen LogP contribution < -0.4 is 10.1 Å². The van der Waals surface area contributed by atoms with Gasteiger partial charge in [0.15, 0.2) is 0 Å². The van der Waals surface area contributed by atoms with Crippen LogP contribution >= 0.6 is 0 Å². The van der Waals surface area contributed by atoms with E-state index in [0.717, 1.165) is 37.2 Å². The molecule has 0 saturated carbocycles. The number of ether oxygens (including phenoxy) is 2. The number of esters is 1. The molecule has 2 rings (SSSR count). The Morgan fingerprint density at radius 1 is 1.38 bits per heavy atom. The Bertz CT molecular complexity index is 516. The van der Waals surface area contributed by atoms with Gasteiger partial charge in [0.25, 0.3) is 0 Å². The third-order valence-electron chi connectivity index (χ3n) is 4.07. The van der Waals surface area contributed by atoms with Crippen LogP contribution in [-0.4, -0.2) is 52.3 Å². The maximum absolute atomic E-state index is 12.4. The number of hydrogen-bond donors (Lipinski definition) is 1. The lowest BCUT2D eigenvalue weighted by molar-refractivity contribution is -0.149. The van der Waals surface area contributed by atoms with Gasteiger partial charge >= 0.3 is 5.97 Å². The standard InChI is InChI=1S/C16H24N2O3/c1-18(2)10-9-17-16(15(19)21-4)8-7-12-5-6-13(20-3)11-14(12)16/h5-6,11,17H,7-10H2,1-4H3. The van der Waals surface area contributed by atoms with Gasteiger partial charge in [0.2, 0.25) is 0 Å². The minimum absolute atomic E-state index is 0.228. The number of hydrogen-bond acceptors (Lipinski definition) is 5. The smallest absolute Gasteiger partial charge is 0.330 e. The summed E-state index contributed by atoms with van der Waals surface area (Å²) in [6, 6.07) is 5.92. The highest BCUT2D eigenvalue weighted by molar-refractivity contribution is 5.84. The van der Waals surface area contributed by atoms with Gasteiger partial charge in [0.1, 0.15) is 11.3 Å². The molecule has 1 N–H and O–H groups in total. The van der Waals surface area contributed by atoms with E-state index >= 15 is 0 Å². The van der Waals surface area contributed by atoms with Crippen LogP contribution in [0.25, 0.3) is 0 Å². The number of aryl methyl sites for hydroxylation is 1. The largest absolute Gasteiger partial charge is 0.497 e. The summed E-state index contributed by atoms with van der Waals surface area (Å²) in [6.45, 7) is 1.58. The summed E-state index contributed by atoms with van der Waals surface area (Å²) in [4.78, 5) is 14.5. The van der Waals surface area contributed by atoms with Crippen LogP contribution in [0.5, 0.6) is 5.75 Å². The second-order valence-electron chi connectivity index (χ2n) is 5.65. The fraction of sp³-hybridized carbons (Fsp3) is 0.562. The number of nitrogens with zero attached hydrogens (tertiary/aromatic N) is 1. The lowest BCUT2D eigenvalue weighted by atomic mass is 9.91. The zero-order valence-corrected chi connectivity index (χ0v) is 13.2. The van der Waals surface area contributed by atoms with Crippen molar-refractivity contribution < 1.29 is 14.3 Å². The number of rotatable bonds is 6. The van der Waals surface area contributed by atoms with Crippen molar-refractivity contribution in [3.05, 3.63) is 29.3 Å². The van der Waals surface area contributed by atoms with E-state index in [1.165, 1.54) is 12.7 Å². The molecule has 1 aromatic rings. The molecule has 5 nitrogen and oxygen atoms in total. The predicted molar refractivity (Wildman–Crippen MR) is 81.6 cm³/mol. The van der Waals surface area contributed by atoms with E-state index in [1.54, 1.807) is 7.11 Å². The highest BCUT2D eigenvalue weighted by atomic mass is 16.5. The predicted octanol–water partition coefficient (Wildman–Crippen LogP) is 1.16. The van der Waals surface area contributed by atoms with Gasteiger partial charge in [-0.1, -0.05) is 6.07 Å². The molecule has 0 bridgehead atoms. The number of carbonyl (C=O) groups excluding carboxylic acids is 1. The summed E-state index contributed by atoms with van der Waals surface area (Å²) in [7, 11) is 7.10. The topological polar surface area (TPSA) is 50.8 Å². The first-order valence-electron chi connectivity index (χ1n) is 7.19. The quantitative estimate of drug-likeness (QED) is 0.798. The molecule has 0 aromatic heterocycles. The molecule has 0 heterocycles. The number of nitrogens with one attached hydrogen (secondary N) is 1. The molecule has 0 saturated heterocycles. The van der Waals surface area contributed by atoms with E-state index in [-0.39, 0.29) is 5.97 Å². The third-order valence-corrected chi connectivity index (χ3v) is 4.07. The maximum Gasteiger partial charge on any atom is 0.330 e. The Morgan fingerprint density at radius 3 is 2.76 bits per heavy atom. The maximum atomic E-state index is 12.4. The summed E-state index contributed by atoms with van der Waals surface area (Å²) >= 11 is 0. The Balaban J connectivity index is 2.33. The normalized spacial score (nSPS) is 20.4. The zero-order valence-electron chi connectivity index (χ0n) is 13.2. The second kappa shape index (κ2) is 6.45.